The second-order valence-corrected chi connectivity index (χ2v) is 9.62. The number of nitrogens with two attached hydrogens (primary N) is 1. The molecule has 41 heavy (non-hydrogen) atoms. The SMILES string of the molecule is CC(C)(C)OC(=O)CCOCCOCCOCCOCCOCCOCCOCCOCCOc1ccccc1N. The van der Waals surface area contributed by atoms with E-state index in [1.54, 1.807) is 6.07 Å². The Balaban J connectivity index is 1.68. The van der Waals surface area contributed by atoms with Gasteiger partial charge in [0.15, 0.2) is 0 Å². The van der Waals surface area contributed by atoms with Crippen molar-refractivity contribution in [3.8, 4) is 5.75 Å². The maximum atomic E-state index is 11.5. The molecule has 1 aromatic rings. The van der Waals surface area contributed by atoms with E-state index in [-0.39, 0.29) is 12.4 Å². The number of carbonyl (C=O) groups is 1. The summed E-state index contributed by atoms with van der Waals surface area (Å²) in [5.74, 6) is 0.401. The van der Waals surface area contributed by atoms with Crippen LogP contribution in [0.3, 0.4) is 0 Å². The number of rotatable bonds is 28. The summed E-state index contributed by atoms with van der Waals surface area (Å²) in [4.78, 5) is 11.5. The van der Waals surface area contributed by atoms with E-state index in [9.17, 15) is 4.79 Å². The van der Waals surface area contributed by atoms with Gasteiger partial charge in [0.1, 0.15) is 18.0 Å². The Hall–Kier alpha value is -2.03. The first-order valence-electron chi connectivity index (χ1n) is 14.2. The lowest BCUT2D eigenvalue weighted by molar-refractivity contribution is -0.156. The van der Waals surface area contributed by atoms with E-state index in [4.69, 9.17) is 53.1 Å². The molecule has 12 heteroatoms. The first-order valence-corrected chi connectivity index (χ1v) is 14.2. The van der Waals surface area contributed by atoms with Crippen LogP contribution in [0.15, 0.2) is 24.3 Å². The Morgan fingerprint density at radius 3 is 1.27 bits per heavy atom. The molecule has 0 amide bonds. The molecular weight excluding hydrogens is 538 g/mol. The number of hydrogen-bond acceptors (Lipinski definition) is 12. The lowest BCUT2D eigenvalue weighted by atomic mass is 10.2. The van der Waals surface area contributed by atoms with E-state index >= 15 is 0 Å². The highest BCUT2D eigenvalue weighted by atomic mass is 16.6. The van der Waals surface area contributed by atoms with Gasteiger partial charge in [0.05, 0.1) is 118 Å². The number of esters is 1. The molecule has 0 aliphatic rings. The minimum atomic E-state index is -0.472. The molecule has 0 spiro atoms. The van der Waals surface area contributed by atoms with Gasteiger partial charge in [-0.05, 0) is 32.9 Å². The number of anilines is 1. The van der Waals surface area contributed by atoms with Gasteiger partial charge in [-0.15, -0.1) is 0 Å². The molecule has 0 bridgehead atoms. The van der Waals surface area contributed by atoms with Crippen molar-refractivity contribution in [2.45, 2.75) is 32.8 Å². The molecule has 0 aliphatic carbocycles. The van der Waals surface area contributed by atoms with Crippen molar-refractivity contribution in [2.75, 3.05) is 118 Å². The highest BCUT2D eigenvalue weighted by molar-refractivity contribution is 5.69. The van der Waals surface area contributed by atoms with Crippen LogP contribution in [0.5, 0.6) is 5.75 Å². The first-order chi connectivity index (χ1) is 19.9. The minimum absolute atomic E-state index is 0.233. The molecule has 12 nitrogen and oxygen atoms in total. The van der Waals surface area contributed by atoms with Gasteiger partial charge in [-0.25, -0.2) is 0 Å². The Morgan fingerprint density at radius 2 is 0.902 bits per heavy atom. The number of ether oxygens (including phenoxy) is 10. The molecule has 0 aliphatic heterocycles. The second kappa shape index (κ2) is 25.7. The van der Waals surface area contributed by atoms with Crippen molar-refractivity contribution >= 4 is 11.7 Å². The normalized spacial score (nSPS) is 11.6. The molecule has 0 heterocycles. The zero-order chi connectivity index (χ0) is 29.9. The quantitative estimate of drug-likeness (QED) is 0.0874. The summed E-state index contributed by atoms with van der Waals surface area (Å²) in [5, 5.41) is 0. The van der Waals surface area contributed by atoms with Gasteiger partial charge in [0, 0.05) is 0 Å². The van der Waals surface area contributed by atoms with Crippen molar-refractivity contribution in [1.29, 1.82) is 0 Å². The zero-order valence-electron chi connectivity index (χ0n) is 25.1. The van der Waals surface area contributed by atoms with E-state index in [0.717, 1.165) is 0 Å². The fraction of sp³-hybridized carbons (Fsp3) is 0.759. The molecule has 0 fully saturated rings. The molecule has 0 saturated carbocycles. The van der Waals surface area contributed by atoms with Crippen LogP contribution < -0.4 is 10.5 Å². The summed E-state index contributed by atoms with van der Waals surface area (Å²) >= 11 is 0. The summed E-state index contributed by atoms with van der Waals surface area (Å²) in [5.41, 5.74) is 5.95. The Kier molecular flexibility index (Phi) is 23.2. The lowest BCUT2D eigenvalue weighted by Crippen LogP contribution is -2.24. The summed E-state index contributed by atoms with van der Waals surface area (Å²) in [6.07, 6.45) is 0.233. The van der Waals surface area contributed by atoms with Crippen LogP contribution in [-0.4, -0.2) is 124 Å². The van der Waals surface area contributed by atoms with Gasteiger partial charge in [-0.3, -0.25) is 4.79 Å². The highest BCUT2D eigenvalue weighted by Crippen LogP contribution is 2.19. The average Bonchev–Trinajstić information content (AvgIpc) is 2.92. The Bertz CT molecular complexity index is 746. The predicted molar refractivity (Wildman–Crippen MR) is 153 cm³/mol. The van der Waals surface area contributed by atoms with Gasteiger partial charge in [0.25, 0.3) is 0 Å². The smallest absolute Gasteiger partial charge is 0.308 e. The third-order valence-electron chi connectivity index (χ3n) is 4.88. The topological polar surface area (TPSA) is 135 Å². The summed E-state index contributed by atoms with van der Waals surface area (Å²) in [6.45, 7) is 13.5. The molecule has 238 valence electrons. The van der Waals surface area contributed by atoms with Crippen LogP contribution in [0.4, 0.5) is 5.69 Å². The molecule has 1 rings (SSSR count). The maximum absolute atomic E-state index is 11.5. The number of nitrogen functional groups attached to an aromatic ring is 1. The number of benzene rings is 1. The van der Waals surface area contributed by atoms with E-state index in [1.807, 2.05) is 39.0 Å². The van der Waals surface area contributed by atoms with Crippen LogP contribution in [0.1, 0.15) is 27.2 Å². The molecule has 0 radical (unpaired) electrons. The van der Waals surface area contributed by atoms with Gasteiger partial charge < -0.3 is 53.1 Å². The standard InChI is InChI=1S/C29H51NO11/c1-29(2,3)41-28(31)8-9-32-10-11-33-12-13-34-14-15-35-16-17-36-18-19-37-20-21-38-22-23-39-24-25-40-27-7-5-4-6-26(27)30/h4-7H,8-25,30H2,1-3H3. The lowest BCUT2D eigenvalue weighted by Gasteiger charge is -2.19. The highest BCUT2D eigenvalue weighted by Gasteiger charge is 2.15. The fourth-order valence-electron chi connectivity index (χ4n) is 3.01. The van der Waals surface area contributed by atoms with Crippen molar-refractivity contribution < 1.29 is 52.2 Å². The van der Waals surface area contributed by atoms with Gasteiger partial charge in [-0.2, -0.15) is 0 Å². The van der Waals surface area contributed by atoms with Gasteiger partial charge in [-0.1, -0.05) is 12.1 Å². The summed E-state index contributed by atoms with van der Waals surface area (Å²) in [7, 11) is 0. The van der Waals surface area contributed by atoms with Crippen LogP contribution in [-0.2, 0) is 47.4 Å². The minimum Gasteiger partial charge on any atom is -0.489 e. The molecule has 0 unspecified atom stereocenters. The fourth-order valence-corrected chi connectivity index (χ4v) is 3.01. The zero-order valence-corrected chi connectivity index (χ0v) is 25.1. The molecule has 0 atom stereocenters. The average molecular weight is 590 g/mol. The van der Waals surface area contributed by atoms with Crippen molar-refractivity contribution in [2.24, 2.45) is 0 Å². The van der Waals surface area contributed by atoms with Crippen LogP contribution >= 0.6 is 0 Å². The Labute approximate surface area is 244 Å². The monoisotopic (exact) mass is 589 g/mol. The molecule has 0 aromatic heterocycles. The van der Waals surface area contributed by atoms with E-state index in [1.165, 1.54) is 0 Å². The summed E-state index contributed by atoms with van der Waals surface area (Å²) in [6, 6.07) is 7.37. The number of para-hydroxylation sites is 2. The van der Waals surface area contributed by atoms with Crippen LogP contribution in [0.2, 0.25) is 0 Å². The van der Waals surface area contributed by atoms with Crippen LogP contribution in [0, 0.1) is 0 Å². The molecular formula is C29H51NO11. The molecule has 0 saturated heterocycles. The third-order valence-corrected chi connectivity index (χ3v) is 4.88. The van der Waals surface area contributed by atoms with E-state index < -0.39 is 5.60 Å². The van der Waals surface area contributed by atoms with Gasteiger partial charge >= 0.3 is 5.97 Å². The third kappa shape index (κ3) is 25.4. The van der Waals surface area contributed by atoms with Crippen molar-refractivity contribution in [1.82, 2.24) is 0 Å². The maximum Gasteiger partial charge on any atom is 0.308 e. The molecule has 2 N–H and O–H groups in total. The largest absolute Gasteiger partial charge is 0.489 e. The molecule has 1 aromatic carbocycles. The van der Waals surface area contributed by atoms with E-state index in [0.29, 0.717) is 124 Å². The van der Waals surface area contributed by atoms with Crippen molar-refractivity contribution in [3.05, 3.63) is 24.3 Å². The van der Waals surface area contributed by atoms with Crippen LogP contribution in [0.25, 0.3) is 0 Å². The first kappa shape index (κ1) is 37.0. The van der Waals surface area contributed by atoms with Crippen molar-refractivity contribution in [3.63, 3.8) is 0 Å². The summed E-state index contributed by atoms with van der Waals surface area (Å²) < 4.78 is 54.3. The number of carbonyl (C=O) groups excluding carboxylic acids is 1. The van der Waals surface area contributed by atoms with Gasteiger partial charge in [0.2, 0.25) is 0 Å². The second-order valence-electron chi connectivity index (χ2n) is 9.62. The predicted octanol–water partition coefficient (Wildman–Crippen LogP) is 2.51. The Morgan fingerprint density at radius 1 is 0.561 bits per heavy atom. The van der Waals surface area contributed by atoms with E-state index in [2.05, 4.69) is 0 Å². The number of hydrogen-bond donors (Lipinski definition) is 1.